The second-order valence-corrected chi connectivity index (χ2v) is 6.10. The van der Waals surface area contributed by atoms with Gasteiger partial charge in [0.1, 0.15) is 5.82 Å². The molecule has 2 heterocycles. The monoisotopic (exact) mass is 277 g/mol. The molecule has 0 unspecified atom stereocenters. The maximum absolute atomic E-state index is 12.1. The summed E-state index contributed by atoms with van der Waals surface area (Å²) in [6.45, 7) is 9.01. The van der Waals surface area contributed by atoms with Crippen molar-refractivity contribution < 1.29 is 4.79 Å². The van der Waals surface area contributed by atoms with Crippen LogP contribution in [0.3, 0.4) is 0 Å². The number of piperazine rings is 1. The third-order valence-electron chi connectivity index (χ3n) is 3.18. The summed E-state index contributed by atoms with van der Waals surface area (Å²) >= 11 is 0. The molecule has 2 rings (SSSR count). The zero-order valence-corrected chi connectivity index (χ0v) is 12.4. The molecule has 1 saturated heterocycles. The highest BCUT2D eigenvalue weighted by Crippen LogP contribution is 2.16. The van der Waals surface area contributed by atoms with Gasteiger partial charge in [-0.15, -0.1) is 0 Å². The van der Waals surface area contributed by atoms with Crippen LogP contribution < -0.4 is 16.0 Å². The molecule has 2 amide bonds. The quantitative estimate of drug-likeness (QED) is 0.811. The molecule has 6 nitrogen and oxygen atoms in total. The molecular formula is C14H23N5O. The molecule has 3 N–H and O–H groups in total. The largest absolute Gasteiger partial charge is 0.384 e. The number of nitrogens with two attached hydrogens (primary N) is 1. The van der Waals surface area contributed by atoms with Crippen LogP contribution >= 0.6 is 0 Å². The number of nitrogens with one attached hydrogen (secondary N) is 1. The van der Waals surface area contributed by atoms with Gasteiger partial charge in [0.2, 0.25) is 0 Å². The van der Waals surface area contributed by atoms with Crippen LogP contribution in [0.15, 0.2) is 18.3 Å². The normalized spacial score (nSPS) is 16.1. The minimum absolute atomic E-state index is 0.00702. The Bertz CT molecular complexity index is 457. The van der Waals surface area contributed by atoms with Gasteiger partial charge in [-0.05, 0) is 32.9 Å². The summed E-state index contributed by atoms with van der Waals surface area (Å²) < 4.78 is 0. The minimum atomic E-state index is -0.199. The van der Waals surface area contributed by atoms with Crippen molar-refractivity contribution in [1.82, 2.24) is 15.2 Å². The lowest BCUT2D eigenvalue weighted by atomic mass is 10.1. The van der Waals surface area contributed by atoms with Crippen molar-refractivity contribution >= 4 is 17.5 Å². The van der Waals surface area contributed by atoms with Crippen LogP contribution in [0.4, 0.5) is 16.3 Å². The van der Waals surface area contributed by atoms with Gasteiger partial charge < -0.3 is 20.9 Å². The Morgan fingerprint density at radius 1 is 1.25 bits per heavy atom. The Hall–Kier alpha value is -1.98. The third-order valence-corrected chi connectivity index (χ3v) is 3.18. The maximum atomic E-state index is 12.1. The van der Waals surface area contributed by atoms with Crippen molar-refractivity contribution in [3.05, 3.63) is 18.3 Å². The first-order valence-corrected chi connectivity index (χ1v) is 6.89. The molecule has 110 valence electrons. The third kappa shape index (κ3) is 3.76. The van der Waals surface area contributed by atoms with Crippen LogP contribution in [0.25, 0.3) is 0 Å². The Kier molecular flexibility index (Phi) is 4.01. The number of urea groups is 1. The Morgan fingerprint density at radius 2 is 1.90 bits per heavy atom. The number of carbonyl (C=O) groups excluding carboxylic acids is 1. The van der Waals surface area contributed by atoms with E-state index >= 15 is 0 Å². The van der Waals surface area contributed by atoms with E-state index in [0.29, 0.717) is 18.9 Å². The number of rotatable bonds is 1. The topological polar surface area (TPSA) is 74.5 Å². The SMILES string of the molecule is CC(C)(C)NC(=O)N1CCN(c2ccc(N)nc2)CC1. The van der Waals surface area contributed by atoms with Gasteiger partial charge in [0.15, 0.2) is 0 Å². The van der Waals surface area contributed by atoms with Crippen LogP contribution in [0.5, 0.6) is 0 Å². The molecule has 1 aliphatic rings. The number of pyridine rings is 1. The van der Waals surface area contributed by atoms with Crippen molar-refractivity contribution in [3.8, 4) is 0 Å². The van der Waals surface area contributed by atoms with Gasteiger partial charge in [0, 0.05) is 31.7 Å². The molecule has 0 radical (unpaired) electrons. The van der Waals surface area contributed by atoms with Crippen LogP contribution in [0.1, 0.15) is 20.8 Å². The van der Waals surface area contributed by atoms with Gasteiger partial charge in [-0.25, -0.2) is 9.78 Å². The van der Waals surface area contributed by atoms with Crippen molar-refractivity contribution in [3.63, 3.8) is 0 Å². The van der Waals surface area contributed by atoms with E-state index < -0.39 is 0 Å². The van der Waals surface area contributed by atoms with Gasteiger partial charge >= 0.3 is 6.03 Å². The molecule has 6 heteroatoms. The van der Waals surface area contributed by atoms with E-state index in [1.165, 1.54) is 0 Å². The standard InChI is InChI=1S/C14H23N5O/c1-14(2,3)17-13(20)19-8-6-18(7-9-19)11-4-5-12(15)16-10-11/h4-5,10H,6-9H2,1-3H3,(H2,15,16)(H,17,20). The molecule has 1 aromatic rings. The zero-order valence-electron chi connectivity index (χ0n) is 12.4. The number of amides is 2. The van der Waals surface area contributed by atoms with Crippen LogP contribution in [0.2, 0.25) is 0 Å². The van der Waals surface area contributed by atoms with Gasteiger partial charge in [0.05, 0.1) is 11.9 Å². The molecule has 1 fully saturated rings. The molecule has 0 saturated carbocycles. The summed E-state index contributed by atoms with van der Waals surface area (Å²) in [4.78, 5) is 20.2. The number of hydrogen-bond donors (Lipinski definition) is 2. The van der Waals surface area contributed by atoms with Crippen LogP contribution in [-0.2, 0) is 0 Å². The highest BCUT2D eigenvalue weighted by molar-refractivity contribution is 5.75. The van der Waals surface area contributed by atoms with Crippen molar-refractivity contribution in [1.29, 1.82) is 0 Å². The summed E-state index contributed by atoms with van der Waals surface area (Å²) in [6, 6.07) is 3.77. The fourth-order valence-corrected chi connectivity index (χ4v) is 2.15. The van der Waals surface area contributed by atoms with E-state index in [-0.39, 0.29) is 11.6 Å². The average molecular weight is 277 g/mol. The predicted molar refractivity (Wildman–Crippen MR) is 80.7 cm³/mol. The molecule has 1 aromatic heterocycles. The van der Waals surface area contributed by atoms with E-state index in [9.17, 15) is 4.79 Å². The number of aromatic nitrogens is 1. The lowest BCUT2D eigenvalue weighted by molar-refractivity contribution is 0.185. The molecule has 0 aromatic carbocycles. The lowest BCUT2D eigenvalue weighted by Crippen LogP contribution is -2.55. The first-order chi connectivity index (χ1) is 9.35. The predicted octanol–water partition coefficient (Wildman–Crippen LogP) is 1.29. The lowest BCUT2D eigenvalue weighted by Gasteiger charge is -2.37. The summed E-state index contributed by atoms with van der Waals surface area (Å²) in [5, 5.41) is 2.99. The van der Waals surface area contributed by atoms with E-state index in [2.05, 4.69) is 15.2 Å². The highest BCUT2D eigenvalue weighted by atomic mass is 16.2. The smallest absolute Gasteiger partial charge is 0.317 e. The highest BCUT2D eigenvalue weighted by Gasteiger charge is 2.24. The summed E-state index contributed by atoms with van der Waals surface area (Å²) in [5.74, 6) is 0.525. The summed E-state index contributed by atoms with van der Waals surface area (Å²) in [7, 11) is 0. The second kappa shape index (κ2) is 5.56. The minimum Gasteiger partial charge on any atom is -0.384 e. The molecular weight excluding hydrogens is 254 g/mol. The van der Waals surface area contributed by atoms with Gasteiger partial charge in [-0.2, -0.15) is 0 Å². The number of hydrogen-bond acceptors (Lipinski definition) is 4. The molecule has 0 bridgehead atoms. The first kappa shape index (κ1) is 14.4. The fraction of sp³-hybridized carbons (Fsp3) is 0.571. The average Bonchev–Trinajstić information content (AvgIpc) is 2.38. The van der Waals surface area contributed by atoms with E-state index in [4.69, 9.17) is 5.73 Å². The molecule has 0 atom stereocenters. The number of nitrogen functional groups attached to an aromatic ring is 1. The van der Waals surface area contributed by atoms with E-state index in [0.717, 1.165) is 18.8 Å². The second-order valence-electron chi connectivity index (χ2n) is 6.10. The van der Waals surface area contributed by atoms with Gasteiger partial charge in [0.25, 0.3) is 0 Å². The number of anilines is 2. The molecule has 0 aliphatic carbocycles. The molecule has 20 heavy (non-hydrogen) atoms. The van der Waals surface area contributed by atoms with Crippen LogP contribution in [0, 0.1) is 0 Å². The Labute approximate surface area is 120 Å². The maximum Gasteiger partial charge on any atom is 0.317 e. The Morgan fingerprint density at radius 3 is 2.40 bits per heavy atom. The summed E-state index contributed by atoms with van der Waals surface area (Å²) in [5.41, 5.74) is 6.44. The van der Waals surface area contributed by atoms with Gasteiger partial charge in [-0.3, -0.25) is 0 Å². The van der Waals surface area contributed by atoms with Crippen LogP contribution in [-0.4, -0.2) is 47.6 Å². The Balaban J connectivity index is 1.89. The van der Waals surface area contributed by atoms with Crippen molar-refractivity contribution in [2.75, 3.05) is 36.8 Å². The van der Waals surface area contributed by atoms with Crippen molar-refractivity contribution in [2.45, 2.75) is 26.3 Å². The van der Waals surface area contributed by atoms with Gasteiger partial charge in [-0.1, -0.05) is 0 Å². The number of nitrogens with zero attached hydrogens (tertiary/aromatic N) is 3. The number of carbonyl (C=O) groups is 1. The summed E-state index contributed by atoms with van der Waals surface area (Å²) in [6.07, 6.45) is 1.78. The zero-order chi connectivity index (χ0) is 14.8. The fourth-order valence-electron chi connectivity index (χ4n) is 2.15. The van der Waals surface area contributed by atoms with E-state index in [1.807, 2.05) is 31.7 Å². The molecule has 0 spiro atoms. The van der Waals surface area contributed by atoms with E-state index in [1.54, 1.807) is 12.3 Å². The first-order valence-electron chi connectivity index (χ1n) is 6.89. The van der Waals surface area contributed by atoms with Crippen molar-refractivity contribution in [2.24, 2.45) is 0 Å². The molecule has 1 aliphatic heterocycles.